The van der Waals surface area contributed by atoms with E-state index in [9.17, 15) is 9.00 Å². The minimum absolute atomic E-state index is 0.167. The molecule has 1 N–H and O–H groups in total. The number of carbonyl (C=O) groups is 1. The third-order valence-corrected chi connectivity index (χ3v) is 6.83. The molecule has 0 radical (unpaired) electrons. The fourth-order valence-corrected chi connectivity index (χ4v) is 4.48. The van der Waals surface area contributed by atoms with E-state index in [1.165, 1.54) is 0 Å². The number of rotatable bonds is 2. The van der Waals surface area contributed by atoms with Crippen molar-refractivity contribution >= 4 is 54.4 Å². The summed E-state index contributed by atoms with van der Waals surface area (Å²) in [4.78, 5) is 14.8. The third-order valence-electron chi connectivity index (χ3n) is 3.76. The number of anilines is 1. The van der Waals surface area contributed by atoms with Crippen molar-refractivity contribution in [2.24, 2.45) is 0 Å². The molecular formula is C13H15Br2N3O2S. The molecule has 1 fully saturated rings. The summed E-state index contributed by atoms with van der Waals surface area (Å²) < 4.78 is 13.7. The van der Waals surface area contributed by atoms with Gasteiger partial charge in [-0.15, -0.1) is 0 Å². The van der Waals surface area contributed by atoms with E-state index >= 15 is 0 Å². The highest BCUT2D eigenvalue weighted by Gasteiger charge is 2.43. The number of nitrogens with zero attached hydrogens (tertiary/aromatic N) is 2. The van der Waals surface area contributed by atoms with E-state index in [4.69, 9.17) is 0 Å². The van der Waals surface area contributed by atoms with Crippen LogP contribution in [0.1, 0.15) is 5.56 Å². The van der Waals surface area contributed by atoms with Crippen molar-refractivity contribution in [3.05, 3.63) is 23.8 Å². The van der Waals surface area contributed by atoms with Crippen molar-refractivity contribution in [2.45, 2.75) is 8.13 Å². The first-order valence-electron chi connectivity index (χ1n) is 6.59. The van der Waals surface area contributed by atoms with Crippen LogP contribution >= 0.6 is 31.9 Å². The fourth-order valence-electron chi connectivity index (χ4n) is 2.43. The highest BCUT2D eigenvalue weighted by atomic mass is 79.9. The van der Waals surface area contributed by atoms with Gasteiger partial charge in [-0.05, 0) is 25.2 Å². The average Bonchev–Trinajstić information content (AvgIpc) is 2.69. The minimum atomic E-state index is -1.20. The van der Waals surface area contributed by atoms with Crippen molar-refractivity contribution in [3.8, 4) is 0 Å². The van der Waals surface area contributed by atoms with Crippen LogP contribution in [0.3, 0.4) is 0 Å². The molecule has 1 unspecified atom stereocenters. The molecular weight excluding hydrogens is 422 g/mol. The van der Waals surface area contributed by atoms with Gasteiger partial charge in [0.15, 0.2) is 3.23 Å². The second kappa shape index (κ2) is 5.73. The molecule has 1 saturated heterocycles. The molecule has 0 aromatic heterocycles. The SMILES string of the molecule is CN1CCN(S(=O)c2ccc3c(c2)C(Br)(Br)C(=O)N3)CC1. The summed E-state index contributed by atoms with van der Waals surface area (Å²) in [5.41, 5.74) is 1.51. The Balaban J connectivity index is 1.86. The van der Waals surface area contributed by atoms with Crippen molar-refractivity contribution in [1.29, 1.82) is 0 Å². The largest absolute Gasteiger partial charge is 0.323 e. The summed E-state index contributed by atoms with van der Waals surface area (Å²) in [6.45, 7) is 3.39. The number of hydrogen-bond donors (Lipinski definition) is 1. The van der Waals surface area contributed by atoms with Crippen molar-refractivity contribution in [2.75, 3.05) is 38.5 Å². The number of hydrogen-bond acceptors (Lipinski definition) is 3. The van der Waals surface area contributed by atoms with Gasteiger partial charge in [0.2, 0.25) is 0 Å². The Morgan fingerprint density at radius 1 is 1.24 bits per heavy atom. The molecule has 2 heterocycles. The summed E-state index contributed by atoms with van der Waals surface area (Å²) in [7, 11) is 0.871. The van der Waals surface area contributed by atoms with Gasteiger partial charge < -0.3 is 10.2 Å². The van der Waals surface area contributed by atoms with Crippen LogP contribution in [-0.2, 0) is 19.0 Å². The first-order chi connectivity index (χ1) is 9.89. The normalized spacial score (nSPS) is 23.7. The number of amides is 1. The summed E-state index contributed by atoms with van der Waals surface area (Å²) >= 11 is 6.76. The lowest BCUT2D eigenvalue weighted by atomic mass is 10.2. The topological polar surface area (TPSA) is 52.7 Å². The monoisotopic (exact) mass is 435 g/mol. The van der Waals surface area contributed by atoms with E-state index in [1.54, 1.807) is 6.07 Å². The zero-order chi connectivity index (χ0) is 15.2. The molecule has 8 heteroatoms. The Labute approximate surface area is 142 Å². The lowest BCUT2D eigenvalue weighted by Crippen LogP contribution is -2.45. The van der Waals surface area contributed by atoms with Gasteiger partial charge >= 0.3 is 0 Å². The lowest BCUT2D eigenvalue weighted by molar-refractivity contribution is -0.115. The van der Waals surface area contributed by atoms with Crippen molar-refractivity contribution < 1.29 is 9.00 Å². The van der Waals surface area contributed by atoms with Gasteiger partial charge in [-0.3, -0.25) is 4.79 Å². The Morgan fingerprint density at radius 2 is 1.90 bits per heavy atom. The van der Waals surface area contributed by atoms with Crippen LogP contribution in [0.15, 0.2) is 23.1 Å². The molecule has 1 aromatic rings. The zero-order valence-electron chi connectivity index (χ0n) is 11.4. The highest BCUT2D eigenvalue weighted by molar-refractivity contribution is 9.25. The number of halogens is 2. The van der Waals surface area contributed by atoms with Crippen LogP contribution in [0.25, 0.3) is 0 Å². The van der Waals surface area contributed by atoms with Gasteiger partial charge in [-0.25, -0.2) is 8.51 Å². The van der Waals surface area contributed by atoms with Crippen molar-refractivity contribution in [3.63, 3.8) is 0 Å². The Morgan fingerprint density at radius 3 is 2.57 bits per heavy atom. The van der Waals surface area contributed by atoms with Crippen LogP contribution in [0.2, 0.25) is 0 Å². The van der Waals surface area contributed by atoms with Crippen LogP contribution < -0.4 is 5.32 Å². The van der Waals surface area contributed by atoms with E-state index in [1.807, 2.05) is 16.4 Å². The van der Waals surface area contributed by atoms with E-state index in [0.717, 1.165) is 42.3 Å². The minimum Gasteiger partial charge on any atom is -0.323 e. The number of piperazine rings is 1. The van der Waals surface area contributed by atoms with Gasteiger partial charge in [0.05, 0.1) is 4.90 Å². The Hall–Kier alpha value is -0.280. The van der Waals surface area contributed by atoms with Crippen molar-refractivity contribution in [1.82, 2.24) is 9.21 Å². The van der Waals surface area contributed by atoms with Gasteiger partial charge in [-0.2, -0.15) is 0 Å². The van der Waals surface area contributed by atoms with Crippen LogP contribution in [-0.4, -0.2) is 52.5 Å². The average molecular weight is 437 g/mol. The predicted molar refractivity (Wildman–Crippen MR) is 90.1 cm³/mol. The maximum atomic E-state index is 12.7. The molecule has 21 heavy (non-hydrogen) atoms. The Kier molecular flexibility index (Phi) is 4.26. The fraction of sp³-hybridized carbons (Fsp3) is 0.462. The van der Waals surface area contributed by atoms with Crippen LogP contribution in [0, 0.1) is 0 Å². The van der Waals surface area contributed by atoms with Gasteiger partial charge in [-0.1, -0.05) is 31.9 Å². The molecule has 5 nitrogen and oxygen atoms in total. The second-order valence-corrected chi connectivity index (χ2v) is 10.1. The quantitative estimate of drug-likeness (QED) is 0.720. The molecule has 1 aromatic carbocycles. The molecule has 0 aliphatic carbocycles. The number of nitrogens with one attached hydrogen (secondary N) is 1. The number of alkyl halides is 2. The zero-order valence-corrected chi connectivity index (χ0v) is 15.4. The first-order valence-corrected chi connectivity index (χ1v) is 9.28. The van der Waals surface area contributed by atoms with Crippen LogP contribution in [0.5, 0.6) is 0 Å². The maximum absolute atomic E-state index is 12.7. The van der Waals surface area contributed by atoms with E-state index < -0.39 is 14.2 Å². The standard InChI is InChI=1S/C13H15Br2N3O2S/c1-17-4-6-18(7-5-17)21(20)9-2-3-11-10(8-9)13(14,15)12(19)16-11/h2-3,8H,4-7H2,1H3,(H,16,19). The Bertz CT molecular complexity index is 615. The number of fused-ring (bicyclic) bond motifs is 1. The van der Waals surface area contributed by atoms with Gasteiger partial charge in [0.1, 0.15) is 11.0 Å². The maximum Gasteiger partial charge on any atom is 0.256 e. The lowest BCUT2D eigenvalue weighted by Gasteiger charge is -2.31. The number of likely N-dealkylation sites (N-methyl/N-ethyl adjacent to an activating group) is 1. The van der Waals surface area contributed by atoms with Gasteiger partial charge in [0, 0.05) is 37.4 Å². The number of benzene rings is 1. The highest BCUT2D eigenvalue weighted by Crippen LogP contribution is 2.47. The third kappa shape index (κ3) is 2.84. The van der Waals surface area contributed by atoms with E-state index in [2.05, 4.69) is 49.1 Å². The van der Waals surface area contributed by atoms with E-state index in [-0.39, 0.29) is 5.91 Å². The van der Waals surface area contributed by atoms with E-state index in [0.29, 0.717) is 0 Å². The molecule has 2 aliphatic heterocycles. The summed E-state index contributed by atoms with van der Waals surface area (Å²) in [6.07, 6.45) is 0. The first kappa shape index (κ1) is 15.6. The molecule has 1 amide bonds. The summed E-state index contributed by atoms with van der Waals surface area (Å²) in [5, 5.41) is 2.79. The summed E-state index contributed by atoms with van der Waals surface area (Å²) in [5.74, 6) is -0.167. The molecule has 0 spiro atoms. The second-order valence-electron chi connectivity index (χ2n) is 5.22. The molecule has 2 aliphatic rings. The summed E-state index contributed by atoms with van der Waals surface area (Å²) in [6, 6.07) is 5.45. The smallest absolute Gasteiger partial charge is 0.256 e. The molecule has 3 rings (SSSR count). The number of carbonyl (C=O) groups excluding carboxylic acids is 1. The van der Waals surface area contributed by atoms with Gasteiger partial charge in [0.25, 0.3) is 5.91 Å². The predicted octanol–water partition coefficient (Wildman–Crippen LogP) is 1.85. The molecule has 114 valence electrons. The molecule has 0 saturated carbocycles. The molecule has 1 atom stereocenters. The molecule has 0 bridgehead atoms. The van der Waals surface area contributed by atoms with Crippen LogP contribution in [0.4, 0.5) is 5.69 Å².